The van der Waals surface area contributed by atoms with Crippen molar-refractivity contribution in [1.29, 1.82) is 0 Å². The van der Waals surface area contributed by atoms with Crippen LogP contribution in [0.4, 0.5) is 0 Å². The van der Waals surface area contributed by atoms with E-state index in [1.54, 1.807) is 13.8 Å². The minimum Gasteiger partial charge on any atom is -0.340 e. The second kappa shape index (κ2) is 4.47. The summed E-state index contributed by atoms with van der Waals surface area (Å²) in [7, 11) is -3.16. The van der Waals surface area contributed by atoms with Gasteiger partial charge in [-0.1, -0.05) is 0 Å². The lowest BCUT2D eigenvalue weighted by Crippen LogP contribution is -2.69. The van der Waals surface area contributed by atoms with Crippen molar-refractivity contribution in [3.05, 3.63) is 0 Å². The number of piperazine rings is 1. The van der Waals surface area contributed by atoms with E-state index in [2.05, 4.69) is 5.32 Å². The molecular formula is C12H20N2O4S. The molecule has 0 radical (unpaired) electrons. The molecule has 0 aromatic heterocycles. The van der Waals surface area contributed by atoms with E-state index < -0.39 is 21.4 Å². The van der Waals surface area contributed by atoms with E-state index in [0.717, 1.165) is 19.1 Å². The first kappa shape index (κ1) is 14.3. The average molecular weight is 288 g/mol. The van der Waals surface area contributed by atoms with Gasteiger partial charge in [0.15, 0.2) is 0 Å². The normalized spacial score (nSPS) is 32.4. The molecule has 2 aliphatic rings. The zero-order valence-electron chi connectivity index (χ0n) is 11.5. The van der Waals surface area contributed by atoms with Crippen molar-refractivity contribution in [2.45, 2.75) is 38.3 Å². The van der Waals surface area contributed by atoms with Gasteiger partial charge in [0, 0.05) is 12.8 Å². The van der Waals surface area contributed by atoms with E-state index in [1.165, 1.54) is 4.90 Å². The molecule has 1 heterocycles. The minimum atomic E-state index is -3.16. The number of amides is 2. The number of rotatable bonds is 4. The van der Waals surface area contributed by atoms with Crippen LogP contribution in [0.1, 0.15) is 26.7 Å². The quantitative estimate of drug-likeness (QED) is 0.759. The molecular weight excluding hydrogens is 268 g/mol. The highest BCUT2D eigenvalue weighted by Gasteiger charge is 2.54. The van der Waals surface area contributed by atoms with Gasteiger partial charge < -0.3 is 10.2 Å². The molecule has 0 bridgehead atoms. The Hall–Kier alpha value is -1.11. The Bertz CT molecular complexity index is 512. The molecule has 2 atom stereocenters. The summed E-state index contributed by atoms with van der Waals surface area (Å²) in [5, 5.41) is 2.80. The molecule has 0 aromatic rings. The zero-order valence-corrected chi connectivity index (χ0v) is 12.3. The molecule has 108 valence electrons. The lowest BCUT2D eigenvalue weighted by molar-refractivity contribution is -0.154. The van der Waals surface area contributed by atoms with Gasteiger partial charge in [0.25, 0.3) is 0 Å². The molecule has 2 amide bonds. The summed E-state index contributed by atoms with van der Waals surface area (Å²) >= 11 is 0. The number of carbonyl (C=O) groups is 2. The predicted molar refractivity (Wildman–Crippen MR) is 70.2 cm³/mol. The highest BCUT2D eigenvalue weighted by Crippen LogP contribution is 2.42. The lowest BCUT2D eigenvalue weighted by atomic mass is 9.90. The van der Waals surface area contributed by atoms with Crippen LogP contribution >= 0.6 is 0 Å². The van der Waals surface area contributed by atoms with Gasteiger partial charge in [0.2, 0.25) is 11.8 Å². The highest BCUT2D eigenvalue weighted by atomic mass is 32.2. The van der Waals surface area contributed by atoms with Crippen molar-refractivity contribution in [1.82, 2.24) is 10.2 Å². The molecule has 1 saturated heterocycles. The van der Waals surface area contributed by atoms with E-state index in [0.29, 0.717) is 0 Å². The Morgan fingerprint density at radius 3 is 2.42 bits per heavy atom. The van der Waals surface area contributed by atoms with Crippen LogP contribution in [0.25, 0.3) is 0 Å². The van der Waals surface area contributed by atoms with Gasteiger partial charge in [-0.15, -0.1) is 0 Å². The number of sulfone groups is 1. The molecule has 2 fully saturated rings. The summed E-state index contributed by atoms with van der Waals surface area (Å²) in [5.74, 6) is -0.303. The van der Waals surface area contributed by atoms with Crippen LogP contribution in [-0.2, 0) is 19.4 Å². The van der Waals surface area contributed by atoms with Crippen LogP contribution in [0.5, 0.6) is 0 Å². The Morgan fingerprint density at radius 1 is 1.37 bits per heavy atom. The molecule has 1 N–H and O–H groups in total. The monoisotopic (exact) mass is 288 g/mol. The molecule has 1 aliphatic carbocycles. The van der Waals surface area contributed by atoms with Gasteiger partial charge in [0.05, 0.1) is 5.75 Å². The summed E-state index contributed by atoms with van der Waals surface area (Å²) < 4.78 is 22.5. The van der Waals surface area contributed by atoms with Gasteiger partial charge in [0.1, 0.15) is 21.4 Å². The standard InChI is InChI=1S/C12H20N2O4S/c1-8-10(15)13-12(2,9-4-5-9)11(16)14(8)6-7-19(3,17)18/h8-9H,4-7H2,1-3H3,(H,13,15). The van der Waals surface area contributed by atoms with E-state index in [-0.39, 0.29) is 30.0 Å². The van der Waals surface area contributed by atoms with Crippen molar-refractivity contribution in [3.8, 4) is 0 Å². The summed E-state index contributed by atoms with van der Waals surface area (Å²) in [6.07, 6.45) is 2.99. The number of hydrogen-bond donors (Lipinski definition) is 1. The van der Waals surface area contributed by atoms with Crippen LogP contribution in [0.3, 0.4) is 0 Å². The molecule has 7 heteroatoms. The maximum Gasteiger partial charge on any atom is 0.249 e. The second-order valence-electron chi connectivity index (χ2n) is 5.77. The third kappa shape index (κ3) is 2.75. The Morgan fingerprint density at radius 2 is 1.95 bits per heavy atom. The third-order valence-electron chi connectivity index (χ3n) is 4.03. The molecule has 2 unspecified atom stereocenters. The van der Waals surface area contributed by atoms with Crippen molar-refractivity contribution >= 4 is 21.7 Å². The first-order valence-corrected chi connectivity index (χ1v) is 8.52. The van der Waals surface area contributed by atoms with Crippen molar-refractivity contribution in [3.63, 3.8) is 0 Å². The van der Waals surface area contributed by atoms with Crippen molar-refractivity contribution in [2.24, 2.45) is 5.92 Å². The Balaban J connectivity index is 2.19. The van der Waals surface area contributed by atoms with Gasteiger partial charge in [-0.2, -0.15) is 0 Å². The number of nitrogens with one attached hydrogen (secondary N) is 1. The summed E-state index contributed by atoms with van der Waals surface area (Å²) in [4.78, 5) is 25.9. The summed E-state index contributed by atoms with van der Waals surface area (Å²) in [6.45, 7) is 3.45. The largest absolute Gasteiger partial charge is 0.340 e. The molecule has 19 heavy (non-hydrogen) atoms. The maximum absolute atomic E-state index is 12.5. The van der Waals surface area contributed by atoms with E-state index >= 15 is 0 Å². The first-order valence-electron chi connectivity index (χ1n) is 6.46. The molecule has 1 aliphatic heterocycles. The molecule has 6 nitrogen and oxygen atoms in total. The Labute approximate surface area is 113 Å². The van der Waals surface area contributed by atoms with Gasteiger partial charge in [-0.25, -0.2) is 8.42 Å². The number of nitrogens with zero attached hydrogens (tertiary/aromatic N) is 1. The number of carbonyl (C=O) groups excluding carboxylic acids is 2. The Kier molecular flexibility index (Phi) is 3.36. The van der Waals surface area contributed by atoms with Crippen molar-refractivity contribution in [2.75, 3.05) is 18.6 Å². The molecule has 0 spiro atoms. The van der Waals surface area contributed by atoms with Crippen molar-refractivity contribution < 1.29 is 18.0 Å². The van der Waals surface area contributed by atoms with Crippen LogP contribution in [0, 0.1) is 5.92 Å². The lowest BCUT2D eigenvalue weighted by Gasteiger charge is -2.43. The fourth-order valence-corrected chi connectivity index (χ4v) is 3.05. The molecule has 2 rings (SSSR count). The van der Waals surface area contributed by atoms with E-state index in [1.807, 2.05) is 0 Å². The zero-order chi connectivity index (χ0) is 14.4. The minimum absolute atomic E-state index is 0.0779. The second-order valence-corrected chi connectivity index (χ2v) is 8.03. The topological polar surface area (TPSA) is 83.6 Å². The fourth-order valence-electron chi connectivity index (χ4n) is 2.53. The average Bonchev–Trinajstić information content (AvgIpc) is 3.09. The summed E-state index contributed by atoms with van der Waals surface area (Å²) in [6, 6.07) is -0.610. The summed E-state index contributed by atoms with van der Waals surface area (Å²) in [5.41, 5.74) is -0.860. The van der Waals surface area contributed by atoms with Gasteiger partial charge in [-0.05, 0) is 32.6 Å². The van der Waals surface area contributed by atoms with Gasteiger partial charge >= 0.3 is 0 Å². The molecule has 1 saturated carbocycles. The molecule has 0 aromatic carbocycles. The highest BCUT2D eigenvalue weighted by molar-refractivity contribution is 7.90. The van der Waals surface area contributed by atoms with Crippen LogP contribution in [0.2, 0.25) is 0 Å². The van der Waals surface area contributed by atoms with E-state index in [4.69, 9.17) is 0 Å². The smallest absolute Gasteiger partial charge is 0.249 e. The van der Waals surface area contributed by atoms with Crippen LogP contribution in [-0.4, -0.2) is 55.3 Å². The van der Waals surface area contributed by atoms with Gasteiger partial charge in [-0.3, -0.25) is 9.59 Å². The maximum atomic E-state index is 12.5. The third-order valence-corrected chi connectivity index (χ3v) is 4.96. The van der Waals surface area contributed by atoms with Crippen LogP contribution < -0.4 is 5.32 Å². The first-order chi connectivity index (χ1) is 8.65. The number of hydrogen-bond acceptors (Lipinski definition) is 4. The fraction of sp³-hybridized carbons (Fsp3) is 0.833. The van der Waals surface area contributed by atoms with E-state index in [9.17, 15) is 18.0 Å². The van der Waals surface area contributed by atoms with Crippen LogP contribution in [0.15, 0.2) is 0 Å². The predicted octanol–water partition coefficient (Wildman–Crippen LogP) is -0.453. The SMILES string of the molecule is CC1C(=O)NC(C)(C2CC2)C(=O)N1CCS(C)(=O)=O.